The summed E-state index contributed by atoms with van der Waals surface area (Å²) in [6.07, 6.45) is 5.66. The molecule has 1 aliphatic rings. The smallest absolute Gasteiger partial charge is 0.243 e. The van der Waals surface area contributed by atoms with Crippen LogP contribution in [0.1, 0.15) is 65.2 Å². The minimum Gasteiger partial charge on any atom is -0.371 e. The Morgan fingerprint density at radius 3 is 2.56 bits per heavy atom. The van der Waals surface area contributed by atoms with Crippen molar-refractivity contribution in [3.05, 3.63) is 30.2 Å². The maximum absolute atomic E-state index is 11.5. The van der Waals surface area contributed by atoms with Gasteiger partial charge >= 0.3 is 0 Å². The molecular formula is C26H35N9O. The predicted molar refractivity (Wildman–Crippen MR) is 142 cm³/mol. The van der Waals surface area contributed by atoms with Gasteiger partial charge in [0.15, 0.2) is 11.5 Å². The normalized spacial score (nSPS) is 20.2. The van der Waals surface area contributed by atoms with Gasteiger partial charge in [0.1, 0.15) is 16.9 Å². The molecule has 0 saturated heterocycles. The quantitative estimate of drug-likeness (QED) is 0.369. The summed E-state index contributed by atoms with van der Waals surface area (Å²) in [7, 11) is 1.87. The number of aryl methyl sites for hydroxylation is 1. The zero-order valence-electron chi connectivity index (χ0n) is 21.9. The van der Waals surface area contributed by atoms with E-state index in [0.717, 1.165) is 65.3 Å². The lowest BCUT2D eigenvalue weighted by Gasteiger charge is -2.38. The van der Waals surface area contributed by atoms with Gasteiger partial charge < -0.3 is 20.5 Å². The van der Waals surface area contributed by atoms with Gasteiger partial charge in [-0.3, -0.25) is 4.79 Å². The number of nitrogens with zero attached hydrogens (tertiary/aromatic N) is 6. The maximum Gasteiger partial charge on any atom is 0.243 e. The van der Waals surface area contributed by atoms with Crippen molar-refractivity contribution in [1.82, 2.24) is 34.4 Å². The third-order valence-corrected chi connectivity index (χ3v) is 7.15. The molecule has 190 valence electrons. The molecule has 0 aromatic carbocycles. The molecule has 36 heavy (non-hydrogen) atoms. The lowest BCUT2D eigenvalue weighted by Crippen LogP contribution is -2.49. The molecule has 4 aromatic heterocycles. The summed E-state index contributed by atoms with van der Waals surface area (Å²) in [6, 6.07) is 6.59. The third-order valence-electron chi connectivity index (χ3n) is 7.15. The first-order valence-corrected chi connectivity index (χ1v) is 12.7. The van der Waals surface area contributed by atoms with E-state index < -0.39 is 0 Å². The van der Waals surface area contributed by atoms with Crippen molar-refractivity contribution >= 4 is 34.4 Å². The molecule has 4 heterocycles. The van der Waals surface area contributed by atoms with Crippen LogP contribution in [0, 0.1) is 6.92 Å². The Morgan fingerprint density at radius 1 is 1.14 bits per heavy atom. The van der Waals surface area contributed by atoms with Crippen LogP contribution in [0.25, 0.3) is 27.9 Å². The first-order valence-electron chi connectivity index (χ1n) is 12.7. The number of amides is 1. The van der Waals surface area contributed by atoms with Gasteiger partial charge in [-0.2, -0.15) is 4.98 Å². The molecule has 4 aromatic rings. The Morgan fingerprint density at radius 2 is 1.89 bits per heavy atom. The van der Waals surface area contributed by atoms with Gasteiger partial charge in [-0.15, -0.1) is 5.10 Å². The van der Waals surface area contributed by atoms with Crippen LogP contribution < -0.4 is 16.0 Å². The molecule has 0 aliphatic heterocycles. The summed E-state index contributed by atoms with van der Waals surface area (Å²) in [4.78, 5) is 26.0. The molecule has 1 aliphatic carbocycles. The maximum atomic E-state index is 11.5. The van der Waals surface area contributed by atoms with Crippen molar-refractivity contribution in [3.63, 3.8) is 0 Å². The second-order valence-corrected chi connectivity index (χ2v) is 10.4. The van der Waals surface area contributed by atoms with Gasteiger partial charge in [0, 0.05) is 43.4 Å². The monoisotopic (exact) mass is 489 g/mol. The Labute approximate surface area is 210 Å². The van der Waals surface area contributed by atoms with Crippen LogP contribution in [0.3, 0.4) is 0 Å². The van der Waals surface area contributed by atoms with Crippen molar-refractivity contribution in [2.75, 3.05) is 17.7 Å². The van der Waals surface area contributed by atoms with Crippen molar-refractivity contribution in [2.45, 2.75) is 77.9 Å². The highest BCUT2D eigenvalue weighted by molar-refractivity contribution is 5.89. The number of hydrogen-bond acceptors (Lipinski definition) is 7. The Hall–Kier alpha value is -3.69. The van der Waals surface area contributed by atoms with E-state index in [2.05, 4.69) is 46.3 Å². The second-order valence-electron chi connectivity index (χ2n) is 10.4. The predicted octanol–water partition coefficient (Wildman–Crippen LogP) is 4.32. The Bertz CT molecular complexity index is 1430. The van der Waals surface area contributed by atoms with Crippen molar-refractivity contribution < 1.29 is 4.79 Å². The fourth-order valence-electron chi connectivity index (χ4n) is 5.45. The number of anilines is 2. The molecule has 0 unspecified atom stereocenters. The molecule has 10 heteroatoms. The number of imidazole rings is 1. The van der Waals surface area contributed by atoms with Gasteiger partial charge in [-0.25, -0.2) is 14.5 Å². The molecule has 1 fully saturated rings. The first kappa shape index (κ1) is 24.0. The largest absolute Gasteiger partial charge is 0.371 e. The van der Waals surface area contributed by atoms with E-state index in [0.29, 0.717) is 5.95 Å². The van der Waals surface area contributed by atoms with Gasteiger partial charge in [0.2, 0.25) is 11.9 Å². The van der Waals surface area contributed by atoms with Crippen LogP contribution in [0.15, 0.2) is 24.4 Å². The van der Waals surface area contributed by atoms with E-state index in [4.69, 9.17) is 15.1 Å². The van der Waals surface area contributed by atoms with Gasteiger partial charge in [0.05, 0.1) is 5.69 Å². The van der Waals surface area contributed by atoms with E-state index >= 15 is 0 Å². The average molecular weight is 490 g/mol. The lowest BCUT2D eigenvalue weighted by atomic mass is 9.81. The Kier molecular flexibility index (Phi) is 6.05. The molecule has 0 spiro atoms. The number of rotatable bonds is 6. The molecule has 5 rings (SSSR count). The zero-order chi connectivity index (χ0) is 25.6. The molecule has 0 radical (unpaired) electrons. The van der Waals surface area contributed by atoms with Crippen molar-refractivity contribution in [2.24, 2.45) is 0 Å². The van der Waals surface area contributed by atoms with Crippen molar-refractivity contribution in [1.29, 1.82) is 0 Å². The standard InChI is InChI=1S/C26H35N9O/c1-15(2)35-16(3)28-21-8-7-20(30-24(21)35)19-11-14-34-22(19)23(27-6)31-25(33-34)29-18-9-12-26(5,13-10-18)32-17(4)36/h7-8,11,14-15,18H,9-10,12-13H2,1-6H3,(H,32,36)(H2,27,29,31,33). The fraction of sp³-hybridized carbons (Fsp3) is 0.500. The van der Waals surface area contributed by atoms with Crippen LogP contribution in [0.5, 0.6) is 0 Å². The molecule has 0 bridgehead atoms. The fourth-order valence-corrected chi connectivity index (χ4v) is 5.45. The Balaban J connectivity index is 1.44. The van der Waals surface area contributed by atoms with Crippen molar-refractivity contribution in [3.8, 4) is 11.3 Å². The molecule has 10 nitrogen and oxygen atoms in total. The highest BCUT2D eigenvalue weighted by Crippen LogP contribution is 2.32. The van der Waals surface area contributed by atoms with E-state index in [1.807, 2.05) is 42.9 Å². The molecular weight excluding hydrogens is 454 g/mol. The summed E-state index contributed by atoms with van der Waals surface area (Å²) in [5.74, 6) is 2.31. The highest BCUT2D eigenvalue weighted by Gasteiger charge is 2.32. The van der Waals surface area contributed by atoms with Gasteiger partial charge in [-0.1, -0.05) is 0 Å². The van der Waals surface area contributed by atoms with E-state index in [9.17, 15) is 4.79 Å². The van der Waals surface area contributed by atoms with Crippen LogP contribution in [-0.4, -0.2) is 53.7 Å². The summed E-state index contributed by atoms with van der Waals surface area (Å²) in [6.45, 7) is 10.0. The summed E-state index contributed by atoms with van der Waals surface area (Å²) >= 11 is 0. The number of fused-ring (bicyclic) bond motifs is 2. The third kappa shape index (κ3) is 4.36. The van der Waals surface area contributed by atoms with E-state index in [-0.39, 0.29) is 23.5 Å². The summed E-state index contributed by atoms with van der Waals surface area (Å²) in [5.41, 5.74) is 4.34. The molecule has 0 atom stereocenters. The number of nitrogens with one attached hydrogen (secondary N) is 3. The average Bonchev–Trinajstić information content (AvgIpc) is 3.39. The molecule has 1 amide bonds. The SMILES string of the molecule is CNc1nc(NC2CCC(C)(NC(C)=O)CC2)nn2ccc(-c3ccc4nc(C)n(C(C)C)c4n3)c12. The number of pyridine rings is 1. The number of carbonyl (C=O) groups excluding carboxylic acids is 1. The summed E-state index contributed by atoms with van der Waals surface area (Å²) < 4.78 is 4.02. The molecule has 1 saturated carbocycles. The summed E-state index contributed by atoms with van der Waals surface area (Å²) in [5, 5.41) is 14.6. The zero-order valence-corrected chi connectivity index (χ0v) is 21.9. The van der Waals surface area contributed by atoms with Crippen LogP contribution in [0.2, 0.25) is 0 Å². The van der Waals surface area contributed by atoms with Crippen LogP contribution in [0.4, 0.5) is 11.8 Å². The number of aromatic nitrogens is 6. The lowest BCUT2D eigenvalue weighted by molar-refractivity contribution is -0.121. The first-order chi connectivity index (χ1) is 17.2. The van der Waals surface area contributed by atoms with Crippen LogP contribution >= 0.6 is 0 Å². The van der Waals surface area contributed by atoms with Gasteiger partial charge in [0.25, 0.3) is 0 Å². The highest BCUT2D eigenvalue weighted by atomic mass is 16.1. The minimum atomic E-state index is -0.141. The number of carbonyl (C=O) groups is 1. The second kappa shape index (κ2) is 9.07. The van der Waals surface area contributed by atoms with Gasteiger partial charge in [-0.05, 0) is 71.6 Å². The number of hydrogen-bond donors (Lipinski definition) is 3. The minimum absolute atomic E-state index is 0.0252. The van der Waals surface area contributed by atoms with E-state index in [1.165, 1.54) is 0 Å². The van der Waals surface area contributed by atoms with E-state index in [1.54, 1.807) is 6.92 Å². The topological polar surface area (TPSA) is 114 Å². The van der Waals surface area contributed by atoms with Crippen LogP contribution in [-0.2, 0) is 4.79 Å². The molecule has 3 N–H and O–H groups in total.